The smallest absolute Gasteiger partial charge is 0.228 e. The zero-order chi connectivity index (χ0) is 19.1. The van der Waals surface area contributed by atoms with Crippen molar-refractivity contribution in [2.45, 2.75) is 19.4 Å². The highest BCUT2D eigenvalue weighted by Gasteiger charge is 2.16. The van der Waals surface area contributed by atoms with E-state index in [1.165, 1.54) is 4.88 Å². The fourth-order valence-electron chi connectivity index (χ4n) is 2.86. The van der Waals surface area contributed by atoms with Crippen LogP contribution in [-0.4, -0.2) is 31.6 Å². The molecule has 0 atom stereocenters. The van der Waals surface area contributed by atoms with Crippen molar-refractivity contribution in [3.63, 3.8) is 0 Å². The van der Waals surface area contributed by atoms with Crippen LogP contribution >= 0.6 is 22.7 Å². The highest BCUT2D eigenvalue weighted by molar-refractivity contribution is 7.10. The minimum atomic E-state index is 0.159. The number of ether oxygens (including phenoxy) is 2. The molecule has 0 spiro atoms. The topological polar surface area (TPSA) is 38.8 Å². The molecule has 2 heterocycles. The summed E-state index contributed by atoms with van der Waals surface area (Å²) in [4.78, 5) is 17.1. The molecule has 0 N–H and O–H groups in total. The number of rotatable bonds is 9. The molecule has 0 aliphatic carbocycles. The third-order valence-corrected chi connectivity index (χ3v) is 6.04. The van der Waals surface area contributed by atoms with Gasteiger partial charge in [-0.15, -0.1) is 22.7 Å². The number of hydrogen-bond donors (Lipinski definition) is 0. The van der Waals surface area contributed by atoms with Crippen molar-refractivity contribution in [3.05, 3.63) is 68.5 Å². The number of carbonyl (C=O) groups excluding carboxylic acids is 1. The van der Waals surface area contributed by atoms with Crippen LogP contribution in [0.5, 0.6) is 11.5 Å². The Labute approximate surface area is 168 Å². The van der Waals surface area contributed by atoms with Crippen molar-refractivity contribution in [3.8, 4) is 11.5 Å². The molecule has 0 bridgehead atoms. The largest absolute Gasteiger partial charge is 0.493 e. The van der Waals surface area contributed by atoms with Gasteiger partial charge in [-0.25, -0.2) is 0 Å². The number of thiophene rings is 2. The van der Waals surface area contributed by atoms with E-state index in [0.717, 1.165) is 16.9 Å². The average molecular weight is 402 g/mol. The van der Waals surface area contributed by atoms with Gasteiger partial charge in [0.05, 0.1) is 27.2 Å². The van der Waals surface area contributed by atoms with Crippen LogP contribution < -0.4 is 9.47 Å². The molecule has 3 aromatic rings. The molecule has 142 valence electrons. The van der Waals surface area contributed by atoms with Crippen LogP contribution in [0.25, 0.3) is 0 Å². The molecule has 0 radical (unpaired) electrons. The molecule has 0 fully saturated rings. The van der Waals surface area contributed by atoms with Gasteiger partial charge >= 0.3 is 0 Å². The Morgan fingerprint density at radius 3 is 2.30 bits per heavy atom. The normalized spacial score (nSPS) is 10.6. The van der Waals surface area contributed by atoms with Crippen molar-refractivity contribution in [1.82, 2.24) is 4.90 Å². The average Bonchev–Trinajstić information content (AvgIpc) is 3.38. The molecule has 0 saturated carbocycles. The lowest BCUT2D eigenvalue weighted by molar-refractivity contribution is -0.131. The van der Waals surface area contributed by atoms with Crippen molar-refractivity contribution in [2.24, 2.45) is 0 Å². The third kappa shape index (κ3) is 5.34. The minimum Gasteiger partial charge on any atom is -0.493 e. The minimum absolute atomic E-state index is 0.159. The van der Waals surface area contributed by atoms with E-state index in [2.05, 4.69) is 6.07 Å². The molecule has 0 aliphatic heterocycles. The third-order valence-electron chi connectivity index (χ3n) is 4.30. The summed E-state index contributed by atoms with van der Waals surface area (Å²) in [6, 6.07) is 14.0. The lowest BCUT2D eigenvalue weighted by Crippen LogP contribution is -2.33. The molecule has 0 aliphatic rings. The lowest BCUT2D eigenvalue weighted by atomic mass is 10.1. The van der Waals surface area contributed by atoms with Gasteiger partial charge in [0.2, 0.25) is 5.91 Å². The highest BCUT2D eigenvalue weighted by atomic mass is 32.1. The summed E-state index contributed by atoms with van der Waals surface area (Å²) in [5.41, 5.74) is 1.12. The Bertz CT molecular complexity index is 844. The molecule has 3 rings (SSSR count). The summed E-state index contributed by atoms with van der Waals surface area (Å²) >= 11 is 3.31. The molecule has 2 aromatic heterocycles. The molecule has 27 heavy (non-hydrogen) atoms. The van der Waals surface area contributed by atoms with Gasteiger partial charge in [0.15, 0.2) is 11.5 Å². The van der Waals surface area contributed by atoms with Gasteiger partial charge in [0.1, 0.15) is 0 Å². The predicted molar refractivity (Wildman–Crippen MR) is 111 cm³/mol. The van der Waals surface area contributed by atoms with E-state index in [-0.39, 0.29) is 5.91 Å². The summed E-state index contributed by atoms with van der Waals surface area (Å²) in [5.74, 6) is 1.58. The van der Waals surface area contributed by atoms with E-state index >= 15 is 0 Å². The Morgan fingerprint density at radius 2 is 1.67 bits per heavy atom. The van der Waals surface area contributed by atoms with Gasteiger partial charge in [-0.05, 0) is 47.0 Å². The van der Waals surface area contributed by atoms with Gasteiger partial charge in [-0.2, -0.15) is 0 Å². The van der Waals surface area contributed by atoms with Gasteiger partial charge in [0, 0.05) is 16.3 Å². The summed E-state index contributed by atoms with van der Waals surface area (Å²) in [5, 5.41) is 4.06. The number of methoxy groups -OCH3 is 2. The molecule has 6 heteroatoms. The van der Waals surface area contributed by atoms with Gasteiger partial charge < -0.3 is 14.4 Å². The van der Waals surface area contributed by atoms with Crippen LogP contribution in [0, 0.1) is 0 Å². The van der Waals surface area contributed by atoms with Gasteiger partial charge in [-0.1, -0.05) is 18.2 Å². The maximum atomic E-state index is 12.9. The van der Waals surface area contributed by atoms with E-state index in [4.69, 9.17) is 9.47 Å². The summed E-state index contributed by atoms with van der Waals surface area (Å²) < 4.78 is 10.7. The second-order valence-corrected chi connectivity index (χ2v) is 8.15. The molecular formula is C21H23NO3S2. The number of carbonyl (C=O) groups is 1. The van der Waals surface area contributed by atoms with E-state index in [0.29, 0.717) is 31.0 Å². The van der Waals surface area contributed by atoms with Crippen molar-refractivity contribution in [1.29, 1.82) is 0 Å². The van der Waals surface area contributed by atoms with Crippen molar-refractivity contribution < 1.29 is 14.3 Å². The van der Waals surface area contributed by atoms with E-state index in [1.807, 2.05) is 52.1 Å². The number of nitrogens with zero attached hydrogens (tertiary/aromatic N) is 1. The van der Waals surface area contributed by atoms with Crippen LogP contribution in [0.1, 0.15) is 15.3 Å². The van der Waals surface area contributed by atoms with Crippen LogP contribution in [0.15, 0.2) is 53.2 Å². The summed E-state index contributed by atoms with van der Waals surface area (Å²) in [7, 11) is 3.26. The SMILES string of the molecule is COc1ccc(CCN(Cc2cccs2)C(=O)Cc2cccs2)cc1OC. The van der Waals surface area contributed by atoms with Gasteiger partial charge in [-0.3, -0.25) is 4.79 Å². The lowest BCUT2D eigenvalue weighted by Gasteiger charge is -2.22. The van der Waals surface area contributed by atoms with E-state index in [9.17, 15) is 4.79 Å². The maximum Gasteiger partial charge on any atom is 0.228 e. The summed E-state index contributed by atoms with van der Waals surface area (Å²) in [6.07, 6.45) is 1.22. The molecule has 1 amide bonds. The second-order valence-electron chi connectivity index (χ2n) is 6.09. The molecular weight excluding hydrogens is 378 g/mol. The van der Waals surface area contributed by atoms with Crippen LogP contribution in [0.2, 0.25) is 0 Å². The Kier molecular flexibility index (Phi) is 6.90. The van der Waals surface area contributed by atoms with Gasteiger partial charge in [0.25, 0.3) is 0 Å². The van der Waals surface area contributed by atoms with Crippen molar-refractivity contribution >= 4 is 28.6 Å². The first kappa shape index (κ1) is 19.5. The van der Waals surface area contributed by atoms with E-state index < -0.39 is 0 Å². The summed E-state index contributed by atoms with van der Waals surface area (Å²) in [6.45, 7) is 1.31. The standard InChI is InChI=1S/C21H23NO3S2/c1-24-19-8-7-16(13-20(19)25-2)9-10-22(15-18-6-4-12-27-18)21(23)14-17-5-3-11-26-17/h3-8,11-13H,9-10,14-15H2,1-2H3. The van der Waals surface area contributed by atoms with Crippen LogP contribution in [0.4, 0.5) is 0 Å². The highest BCUT2D eigenvalue weighted by Crippen LogP contribution is 2.28. The number of benzene rings is 1. The maximum absolute atomic E-state index is 12.9. The van der Waals surface area contributed by atoms with E-state index in [1.54, 1.807) is 36.9 Å². The van der Waals surface area contributed by atoms with Crippen molar-refractivity contribution in [2.75, 3.05) is 20.8 Å². The monoisotopic (exact) mass is 401 g/mol. The molecule has 0 saturated heterocycles. The molecule has 1 aromatic carbocycles. The fourth-order valence-corrected chi connectivity index (χ4v) is 4.27. The van der Waals surface area contributed by atoms with Crippen LogP contribution in [0.3, 0.4) is 0 Å². The van der Waals surface area contributed by atoms with Crippen LogP contribution in [-0.2, 0) is 24.2 Å². The molecule has 0 unspecified atom stereocenters. The molecule has 4 nitrogen and oxygen atoms in total. The first-order chi connectivity index (χ1) is 13.2. The first-order valence-electron chi connectivity index (χ1n) is 8.73. The zero-order valence-electron chi connectivity index (χ0n) is 15.5. The second kappa shape index (κ2) is 9.58. The zero-order valence-corrected chi connectivity index (χ0v) is 17.1. The Morgan fingerprint density at radius 1 is 0.963 bits per heavy atom. The Balaban J connectivity index is 1.69. The number of amides is 1. The quantitative estimate of drug-likeness (QED) is 0.524. The Hall–Kier alpha value is -2.31. The number of hydrogen-bond acceptors (Lipinski definition) is 5. The predicted octanol–water partition coefficient (Wildman–Crippen LogP) is 4.64. The fraction of sp³-hybridized carbons (Fsp3) is 0.286. The first-order valence-corrected chi connectivity index (χ1v) is 10.5.